The van der Waals surface area contributed by atoms with Gasteiger partial charge in [-0.2, -0.15) is 0 Å². The molecule has 0 saturated carbocycles. The minimum atomic E-state index is -3.63. The van der Waals surface area contributed by atoms with Crippen LogP contribution in [0.4, 0.5) is 5.69 Å². The molecule has 0 aliphatic heterocycles. The molecule has 0 heterocycles. The normalized spacial score (nSPS) is 13.0. The Hall–Kier alpha value is -1.80. The van der Waals surface area contributed by atoms with Gasteiger partial charge in [-0.25, -0.2) is 8.42 Å². The second kappa shape index (κ2) is 5.90. The molecule has 0 aromatic heterocycles. The number of amides is 1. The van der Waals surface area contributed by atoms with Crippen LogP contribution in [0.5, 0.6) is 0 Å². The van der Waals surface area contributed by atoms with Crippen LogP contribution in [0.2, 0.25) is 5.02 Å². The first-order chi connectivity index (χ1) is 9.50. The number of hydrogen-bond acceptors (Lipinski definition) is 5. The second-order valence-electron chi connectivity index (χ2n) is 4.91. The number of carbonyl (C=O) groups is 1. The highest BCUT2D eigenvalue weighted by Gasteiger charge is 2.38. The number of nitrogens with two attached hydrogens (primary N) is 1. The molecule has 1 aromatic rings. The summed E-state index contributed by atoms with van der Waals surface area (Å²) in [6.45, 7) is 2.57. The quantitative estimate of drug-likeness (QED) is 0.331. The molecular formula is C12H16ClN3O4S. The van der Waals surface area contributed by atoms with Crippen molar-refractivity contribution >= 4 is 38.9 Å². The predicted octanol–water partition coefficient (Wildman–Crippen LogP) is 1.20. The van der Waals surface area contributed by atoms with E-state index in [2.05, 4.69) is 10.5 Å². The highest BCUT2D eigenvalue weighted by molar-refractivity contribution is 7.92. The average molecular weight is 334 g/mol. The first-order valence-electron chi connectivity index (χ1n) is 5.79. The highest BCUT2D eigenvalue weighted by Crippen LogP contribution is 2.24. The maximum absolute atomic E-state index is 12.2. The number of hydrogen-bond donors (Lipinski definition) is 3. The monoisotopic (exact) mass is 333 g/mol. The summed E-state index contributed by atoms with van der Waals surface area (Å²) in [5.41, 5.74) is 5.88. The molecule has 0 unspecified atom stereocenters. The molecule has 21 heavy (non-hydrogen) atoms. The Kier molecular flexibility index (Phi) is 4.85. The molecule has 1 rings (SSSR count). The summed E-state index contributed by atoms with van der Waals surface area (Å²) in [5.74, 6) is -0.988. The van der Waals surface area contributed by atoms with Crippen molar-refractivity contribution in [2.75, 3.05) is 11.6 Å². The van der Waals surface area contributed by atoms with Crippen LogP contribution >= 0.6 is 11.6 Å². The van der Waals surface area contributed by atoms with Gasteiger partial charge < -0.3 is 16.3 Å². The van der Waals surface area contributed by atoms with Crippen molar-refractivity contribution in [2.24, 2.45) is 10.9 Å². The second-order valence-corrected chi connectivity index (χ2v) is 7.91. The van der Waals surface area contributed by atoms with E-state index in [4.69, 9.17) is 22.5 Å². The molecule has 0 bridgehead atoms. The van der Waals surface area contributed by atoms with Gasteiger partial charge in [0.15, 0.2) is 15.7 Å². The molecule has 1 amide bonds. The molecular weight excluding hydrogens is 318 g/mol. The molecule has 116 valence electrons. The number of amidine groups is 1. The number of anilines is 1. The van der Waals surface area contributed by atoms with E-state index < -0.39 is 20.5 Å². The number of oxime groups is 1. The molecule has 9 heteroatoms. The zero-order chi connectivity index (χ0) is 16.4. The average Bonchev–Trinajstić information content (AvgIpc) is 2.36. The standard InChI is InChI=1S/C12H16ClN3O4S/c1-12(2,21(3,19)20)11(17)15-9-6-7(13)4-5-8(9)10(14)16-18/h4-6,18H,1-3H3,(H2,14,16)(H,15,17). The van der Waals surface area contributed by atoms with Crippen molar-refractivity contribution in [3.05, 3.63) is 28.8 Å². The molecule has 0 spiro atoms. The van der Waals surface area contributed by atoms with Crippen LogP contribution in [0.15, 0.2) is 23.4 Å². The Bertz CT molecular complexity index is 698. The van der Waals surface area contributed by atoms with Gasteiger partial charge in [0.05, 0.1) is 5.69 Å². The van der Waals surface area contributed by atoms with Crippen molar-refractivity contribution in [3.8, 4) is 0 Å². The summed E-state index contributed by atoms with van der Waals surface area (Å²) in [6.07, 6.45) is 0.967. The summed E-state index contributed by atoms with van der Waals surface area (Å²) in [6, 6.07) is 4.32. The third-order valence-electron chi connectivity index (χ3n) is 3.09. The van der Waals surface area contributed by atoms with E-state index in [0.29, 0.717) is 5.02 Å². The molecule has 0 fully saturated rings. The van der Waals surface area contributed by atoms with Gasteiger partial charge in [0.2, 0.25) is 5.91 Å². The molecule has 0 atom stereocenters. The van der Waals surface area contributed by atoms with E-state index in [1.54, 1.807) is 0 Å². The van der Waals surface area contributed by atoms with E-state index in [1.165, 1.54) is 32.0 Å². The minimum Gasteiger partial charge on any atom is -0.409 e. The molecule has 4 N–H and O–H groups in total. The summed E-state index contributed by atoms with van der Waals surface area (Å²) in [5, 5.41) is 14.3. The van der Waals surface area contributed by atoms with Crippen molar-refractivity contribution in [1.82, 2.24) is 0 Å². The van der Waals surface area contributed by atoms with Crippen molar-refractivity contribution in [1.29, 1.82) is 0 Å². The first kappa shape index (κ1) is 17.3. The molecule has 0 aliphatic carbocycles. The topological polar surface area (TPSA) is 122 Å². The number of nitrogens with one attached hydrogen (secondary N) is 1. The molecule has 0 saturated heterocycles. The van der Waals surface area contributed by atoms with Gasteiger partial charge in [-0.1, -0.05) is 16.8 Å². The lowest BCUT2D eigenvalue weighted by Gasteiger charge is -2.22. The molecule has 7 nitrogen and oxygen atoms in total. The van der Waals surface area contributed by atoms with Gasteiger partial charge in [0.25, 0.3) is 0 Å². The SMILES string of the molecule is CC(C)(C(=O)Nc1cc(Cl)ccc1C(N)=NO)S(C)(=O)=O. The van der Waals surface area contributed by atoms with Gasteiger partial charge in [0, 0.05) is 16.8 Å². The van der Waals surface area contributed by atoms with Gasteiger partial charge >= 0.3 is 0 Å². The fourth-order valence-electron chi connectivity index (χ4n) is 1.34. The Morgan fingerprint density at radius 2 is 2.00 bits per heavy atom. The van der Waals surface area contributed by atoms with Crippen molar-refractivity contribution in [2.45, 2.75) is 18.6 Å². The minimum absolute atomic E-state index is 0.152. The van der Waals surface area contributed by atoms with E-state index in [-0.39, 0.29) is 17.1 Å². The summed E-state index contributed by atoms with van der Waals surface area (Å²) < 4.78 is 21.7. The number of nitrogens with zero attached hydrogens (tertiary/aromatic N) is 1. The number of benzene rings is 1. The zero-order valence-electron chi connectivity index (χ0n) is 11.7. The van der Waals surface area contributed by atoms with Crippen molar-refractivity contribution < 1.29 is 18.4 Å². The fourth-order valence-corrected chi connectivity index (χ4v) is 1.90. The van der Waals surface area contributed by atoms with Gasteiger partial charge in [0.1, 0.15) is 4.75 Å². The van der Waals surface area contributed by atoms with E-state index >= 15 is 0 Å². The number of carbonyl (C=O) groups excluding carboxylic acids is 1. The lowest BCUT2D eigenvalue weighted by Crippen LogP contribution is -2.44. The van der Waals surface area contributed by atoms with E-state index in [1.807, 2.05) is 0 Å². The maximum Gasteiger partial charge on any atom is 0.245 e. The number of rotatable bonds is 4. The molecule has 1 aromatic carbocycles. The molecule has 0 aliphatic rings. The van der Waals surface area contributed by atoms with Crippen molar-refractivity contribution in [3.63, 3.8) is 0 Å². The Labute approximate surface area is 127 Å². The lowest BCUT2D eigenvalue weighted by atomic mass is 10.1. The van der Waals surface area contributed by atoms with E-state index in [0.717, 1.165) is 6.26 Å². The number of halogens is 1. The third kappa shape index (κ3) is 3.64. The van der Waals surface area contributed by atoms with Crippen LogP contribution in [0.3, 0.4) is 0 Å². The van der Waals surface area contributed by atoms with Crippen LogP contribution < -0.4 is 11.1 Å². The zero-order valence-corrected chi connectivity index (χ0v) is 13.3. The maximum atomic E-state index is 12.2. The number of sulfone groups is 1. The first-order valence-corrected chi connectivity index (χ1v) is 8.06. The van der Waals surface area contributed by atoms with Crippen LogP contribution in [0.1, 0.15) is 19.4 Å². The largest absolute Gasteiger partial charge is 0.409 e. The third-order valence-corrected chi connectivity index (χ3v) is 5.36. The smallest absolute Gasteiger partial charge is 0.245 e. The molecule has 0 radical (unpaired) electrons. The van der Waals surface area contributed by atoms with Gasteiger partial charge in [-0.05, 0) is 32.0 Å². The van der Waals surface area contributed by atoms with Crippen LogP contribution in [0, 0.1) is 0 Å². The van der Waals surface area contributed by atoms with Crippen LogP contribution in [-0.2, 0) is 14.6 Å². The van der Waals surface area contributed by atoms with E-state index in [9.17, 15) is 13.2 Å². The summed E-state index contributed by atoms with van der Waals surface area (Å²) >= 11 is 5.84. The lowest BCUT2D eigenvalue weighted by molar-refractivity contribution is -0.117. The Balaban J connectivity index is 3.26. The Morgan fingerprint density at radius 3 is 2.48 bits per heavy atom. The summed E-state index contributed by atoms with van der Waals surface area (Å²) in [4.78, 5) is 12.2. The Morgan fingerprint density at radius 1 is 1.43 bits per heavy atom. The highest BCUT2D eigenvalue weighted by atomic mass is 35.5. The predicted molar refractivity (Wildman–Crippen MR) is 81.5 cm³/mol. The summed E-state index contributed by atoms with van der Waals surface area (Å²) in [7, 11) is -3.63. The fraction of sp³-hybridized carbons (Fsp3) is 0.333. The van der Waals surface area contributed by atoms with Gasteiger partial charge in [-0.3, -0.25) is 4.79 Å². The van der Waals surface area contributed by atoms with Crippen LogP contribution in [-0.4, -0.2) is 36.4 Å². The van der Waals surface area contributed by atoms with Gasteiger partial charge in [-0.15, -0.1) is 0 Å². The van der Waals surface area contributed by atoms with Crippen LogP contribution in [0.25, 0.3) is 0 Å².